The first kappa shape index (κ1) is 22.7. The van der Waals surface area contributed by atoms with Crippen molar-refractivity contribution in [1.82, 2.24) is 10.2 Å². The van der Waals surface area contributed by atoms with E-state index < -0.39 is 0 Å². The second kappa shape index (κ2) is 10.9. The molecule has 1 aliphatic heterocycles. The molecule has 1 amide bonds. The Hall–Kier alpha value is -2.99. The van der Waals surface area contributed by atoms with Crippen molar-refractivity contribution in [3.05, 3.63) is 59.2 Å². The zero-order valence-electron chi connectivity index (χ0n) is 18.8. The van der Waals surface area contributed by atoms with Crippen LogP contribution in [-0.2, 0) is 0 Å². The number of carbonyl (C=O) groups excluding carboxylic acids is 1. The average molecular weight is 425 g/mol. The third-order valence-corrected chi connectivity index (χ3v) is 5.45. The zero-order chi connectivity index (χ0) is 22.2. The van der Waals surface area contributed by atoms with Crippen molar-refractivity contribution >= 4 is 12.0 Å². The Morgan fingerprint density at radius 3 is 2.32 bits per heavy atom. The third kappa shape index (κ3) is 5.79. The van der Waals surface area contributed by atoms with Gasteiger partial charge in [0.25, 0.3) is 5.91 Å². The number of nitrogens with one attached hydrogen (secondary N) is 1. The SMILES string of the molecule is COc1cc(C(=O)N(CC(C)=Cc2ccccc2)C[C@@H]2CCCN2)cc(OC)c1OC. The molecule has 6 nitrogen and oxygen atoms in total. The van der Waals surface area contributed by atoms with E-state index in [2.05, 4.69) is 30.4 Å². The van der Waals surface area contributed by atoms with Crippen molar-refractivity contribution in [2.75, 3.05) is 41.0 Å². The van der Waals surface area contributed by atoms with Crippen LogP contribution >= 0.6 is 0 Å². The quantitative estimate of drug-likeness (QED) is 0.659. The lowest BCUT2D eigenvalue weighted by Gasteiger charge is -2.27. The number of methoxy groups -OCH3 is 3. The molecule has 0 aromatic heterocycles. The van der Waals surface area contributed by atoms with Crippen molar-refractivity contribution < 1.29 is 19.0 Å². The van der Waals surface area contributed by atoms with Gasteiger partial charge in [-0.1, -0.05) is 42.0 Å². The number of ether oxygens (including phenoxy) is 3. The summed E-state index contributed by atoms with van der Waals surface area (Å²) >= 11 is 0. The van der Waals surface area contributed by atoms with E-state index in [4.69, 9.17) is 14.2 Å². The number of hydrogen-bond acceptors (Lipinski definition) is 5. The van der Waals surface area contributed by atoms with E-state index >= 15 is 0 Å². The maximum atomic E-state index is 13.6. The van der Waals surface area contributed by atoms with Crippen LogP contribution in [0.2, 0.25) is 0 Å². The molecule has 6 heteroatoms. The number of hydrogen-bond donors (Lipinski definition) is 1. The van der Waals surface area contributed by atoms with Gasteiger partial charge in [-0.25, -0.2) is 0 Å². The fourth-order valence-corrected chi connectivity index (χ4v) is 3.97. The molecule has 0 aliphatic carbocycles. The highest BCUT2D eigenvalue weighted by Gasteiger charge is 2.25. The van der Waals surface area contributed by atoms with Crippen molar-refractivity contribution in [2.45, 2.75) is 25.8 Å². The number of amides is 1. The average Bonchev–Trinajstić information content (AvgIpc) is 3.30. The molecule has 0 radical (unpaired) electrons. The molecule has 31 heavy (non-hydrogen) atoms. The molecule has 166 valence electrons. The zero-order valence-corrected chi connectivity index (χ0v) is 18.8. The maximum absolute atomic E-state index is 13.6. The molecule has 0 saturated carbocycles. The summed E-state index contributed by atoms with van der Waals surface area (Å²) in [5, 5.41) is 3.50. The summed E-state index contributed by atoms with van der Waals surface area (Å²) in [5.41, 5.74) is 2.75. The van der Waals surface area contributed by atoms with Gasteiger partial charge < -0.3 is 24.4 Å². The minimum atomic E-state index is -0.0613. The third-order valence-electron chi connectivity index (χ3n) is 5.45. The Bertz CT molecular complexity index is 880. The van der Waals surface area contributed by atoms with Gasteiger partial charge in [-0.3, -0.25) is 4.79 Å². The fourth-order valence-electron chi connectivity index (χ4n) is 3.97. The van der Waals surface area contributed by atoms with Gasteiger partial charge in [-0.2, -0.15) is 0 Å². The van der Waals surface area contributed by atoms with Gasteiger partial charge in [-0.15, -0.1) is 0 Å². The lowest BCUT2D eigenvalue weighted by molar-refractivity contribution is 0.0756. The van der Waals surface area contributed by atoms with Crippen LogP contribution in [0.1, 0.15) is 35.7 Å². The maximum Gasteiger partial charge on any atom is 0.254 e. The summed E-state index contributed by atoms with van der Waals surface area (Å²) in [5.74, 6) is 1.36. The first-order chi connectivity index (χ1) is 15.0. The topological polar surface area (TPSA) is 60.0 Å². The Labute approximate surface area is 184 Å². The molecule has 0 spiro atoms. The van der Waals surface area contributed by atoms with Crippen molar-refractivity contribution in [2.24, 2.45) is 0 Å². The number of nitrogens with zero attached hydrogens (tertiary/aromatic N) is 1. The second-order valence-corrected chi connectivity index (χ2v) is 7.79. The van der Waals surface area contributed by atoms with E-state index in [-0.39, 0.29) is 5.91 Å². The van der Waals surface area contributed by atoms with Gasteiger partial charge in [0.05, 0.1) is 21.3 Å². The van der Waals surface area contributed by atoms with E-state index in [0.29, 0.717) is 41.9 Å². The van der Waals surface area contributed by atoms with Crippen molar-refractivity contribution in [3.63, 3.8) is 0 Å². The first-order valence-electron chi connectivity index (χ1n) is 10.6. The molecule has 1 aliphatic rings. The Morgan fingerprint density at radius 2 is 1.77 bits per heavy atom. The van der Waals surface area contributed by atoms with Crippen LogP contribution in [0.15, 0.2) is 48.0 Å². The standard InChI is InChI=1S/C25H32N2O4/c1-18(13-19-9-6-5-7-10-19)16-27(17-21-11-8-12-26-21)25(28)20-14-22(29-2)24(31-4)23(15-20)30-3/h5-7,9-10,13-15,21,26H,8,11-12,16-17H2,1-4H3/t21-/m0/s1. The summed E-state index contributed by atoms with van der Waals surface area (Å²) in [6.45, 7) is 4.25. The molecule has 2 aromatic carbocycles. The molecule has 1 fully saturated rings. The molecule has 1 saturated heterocycles. The summed E-state index contributed by atoms with van der Waals surface area (Å²) in [4.78, 5) is 15.5. The number of rotatable bonds is 9. The Morgan fingerprint density at radius 1 is 1.10 bits per heavy atom. The minimum absolute atomic E-state index is 0.0613. The van der Waals surface area contributed by atoms with Crippen LogP contribution in [-0.4, -0.2) is 57.8 Å². The summed E-state index contributed by atoms with van der Waals surface area (Å²) < 4.78 is 16.3. The Kier molecular flexibility index (Phi) is 7.95. The molecule has 1 atom stereocenters. The predicted molar refractivity (Wildman–Crippen MR) is 123 cm³/mol. The first-order valence-corrected chi connectivity index (χ1v) is 10.6. The normalized spacial score (nSPS) is 16.1. The molecule has 2 aromatic rings. The number of carbonyl (C=O) groups is 1. The molecule has 1 N–H and O–H groups in total. The Balaban J connectivity index is 1.89. The highest BCUT2D eigenvalue weighted by molar-refractivity contribution is 5.96. The van der Waals surface area contributed by atoms with Crippen molar-refractivity contribution in [1.29, 1.82) is 0 Å². The predicted octanol–water partition coefficient (Wildman–Crippen LogP) is 4.01. The summed E-state index contributed by atoms with van der Waals surface area (Å²) in [6, 6.07) is 13.9. The highest BCUT2D eigenvalue weighted by atomic mass is 16.5. The van der Waals surface area contributed by atoms with Crippen LogP contribution in [0.5, 0.6) is 17.2 Å². The van der Waals surface area contributed by atoms with Gasteiger partial charge in [0.1, 0.15) is 0 Å². The molecular weight excluding hydrogens is 392 g/mol. The lowest BCUT2D eigenvalue weighted by atomic mass is 10.1. The van der Waals surface area contributed by atoms with E-state index in [9.17, 15) is 4.79 Å². The molecule has 0 bridgehead atoms. The van der Waals surface area contributed by atoms with Crippen molar-refractivity contribution in [3.8, 4) is 17.2 Å². The van der Waals surface area contributed by atoms with Crippen LogP contribution in [0.3, 0.4) is 0 Å². The van der Waals surface area contributed by atoms with Crippen LogP contribution < -0.4 is 19.5 Å². The van der Waals surface area contributed by atoms with Gasteiger partial charge in [-0.05, 0) is 44.0 Å². The summed E-state index contributed by atoms with van der Waals surface area (Å²) in [6.07, 6.45) is 4.33. The van der Waals surface area contributed by atoms with Gasteiger partial charge in [0.2, 0.25) is 5.75 Å². The lowest BCUT2D eigenvalue weighted by Crippen LogP contribution is -2.42. The smallest absolute Gasteiger partial charge is 0.254 e. The molecule has 1 heterocycles. The summed E-state index contributed by atoms with van der Waals surface area (Å²) in [7, 11) is 4.66. The monoisotopic (exact) mass is 424 g/mol. The van der Waals surface area contributed by atoms with E-state index in [1.807, 2.05) is 23.1 Å². The second-order valence-electron chi connectivity index (χ2n) is 7.79. The largest absolute Gasteiger partial charge is 0.493 e. The number of benzene rings is 2. The van der Waals surface area contributed by atoms with E-state index in [1.165, 1.54) is 0 Å². The van der Waals surface area contributed by atoms with Crippen LogP contribution in [0.25, 0.3) is 6.08 Å². The molecule has 3 rings (SSSR count). The van der Waals surface area contributed by atoms with Gasteiger partial charge in [0, 0.05) is 24.7 Å². The van der Waals surface area contributed by atoms with Gasteiger partial charge in [0.15, 0.2) is 11.5 Å². The van der Waals surface area contributed by atoms with Gasteiger partial charge >= 0.3 is 0 Å². The highest BCUT2D eigenvalue weighted by Crippen LogP contribution is 2.38. The van der Waals surface area contributed by atoms with Crippen LogP contribution in [0.4, 0.5) is 0 Å². The fraction of sp³-hybridized carbons (Fsp3) is 0.400. The van der Waals surface area contributed by atoms with Crippen LogP contribution in [0, 0.1) is 0 Å². The van der Waals surface area contributed by atoms with E-state index in [1.54, 1.807) is 33.5 Å². The molecule has 0 unspecified atom stereocenters. The van der Waals surface area contributed by atoms with E-state index in [0.717, 1.165) is 30.5 Å². The minimum Gasteiger partial charge on any atom is -0.493 e. The molecular formula is C25H32N2O4.